The Morgan fingerprint density at radius 1 is 0.971 bits per heavy atom. The summed E-state index contributed by atoms with van der Waals surface area (Å²) in [5.41, 5.74) is 1.62. The number of carbonyl (C=O) groups excluding carboxylic acids is 1. The number of fused-ring (bicyclic) bond motifs is 1. The molecule has 1 aliphatic rings. The van der Waals surface area contributed by atoms with Gasteiger partial charge in [-0.05, 0) is 74.3 Å². The van der Waals surface area contributed by atoms with Crippen LogP contribution in [-0.4, -0.2) is 44.0 Å². The van der Waals surface area contributed by atoms with E-state index in [1.165, 1.54) is 43.4 Å². The Kier molecular flexibility index (Phi) is 8.63. The van der Waals surface area contributed by atoms with E-state index in [0.717, 1.165) is 52.3 Å². The zero-order valence-electron chi connectivity index (χ0n) is 20.8. The fourth-order valence-electron chi connectivity index (χ4n) is 4.97. The van der Waals surface area contributed by atoms with Gasteiger partial charge in [-0.25, -0.2) is 0 Å². The largest absolute Gasteiger partial charge is 0.497 e. The van der Waals surface area contributed by atoms with Crippen LogP contribution in [0.15, 0.2) is 42.5 Å². The molecule has 4 rings (SSSR count). The zero-order chi connectivity index (χ0) is 23.9. The molecule has 3 aromatic rings. The maximum absolute atomic E-state index is 13.8. The van der Waals surface area contributed by atoms with Crippen molar-refractivity contribution in [3.8, 4) is 11.5 Å². The van der Waals surface area contributed by atoms with E-state index in [9.17, 15) is 4.79 Å². The molecule has 34 heavy (non-hydrogen) atoms. The Balaban J connectivity index is 1.60. The molecule has 0 N–H and O–H groups in total. The summed E-state index contributed by atoms with van der Waals surface area (Å²) >= 11 is 1.78. The van der Waals surface area contributed by atoms with Crippen LogP contribution in [0, 0.1) is 0 Å². The average Bonchev–Trinajstić information content (AvgIpc) is 3.04. The van der Waals surface area contributed by atoms with Crippen molar-refractivity contribution in [2.45, 2.75) is 58.3 Å². The van der Waals surface area contributed by atoms with Gasteiger partial charge in [-0.3, -0.25) is 4.79 Å². The van der Waals surface area contributed by atoms with Gasteiger partial charge in [0.15, 0.2) is 5.78 Å². The smallest absolute Gasteiger partial charge is 0.194 e. The van der Waals surface area contributed by atoms with E-state index >= 15 is 0 Å². The Bertz CT molecular complexity index is 1080. The van der Waals surface area contributed by atoms with E-state index in [2.05, 4.69) is 30.9 Å². The molecule has 0 spiro atoms. The van der Waals surface area contributed by atoms with Crippen molar-refractivity contribution in [1.82, 2.24) is 4.90 Å². The molecule has 1 aliphatic carbocycles. The van der Waals surface area contributed by atoms with Gasteiger partial charge in [0, 0.05) is 32.6 Å². The van der Waals surface area contributed by atoms with Crippen molar-refractivity contribution in [2.24, 2.45) is 0 Å². The lowest BCUT2D eigenvalue weighted by Gasteiger charge is -2.18. The molecule has 5 heteroatoms. The van der Waals surface area contributed by atoms with Crippen LogP contribution in [-0.2, 0) is 0 Å². The van der Waals surface area contributed by atoms with Crippen molar-refractivity contribution in [3.05, 3.63) is 58.5 Å². The van der Waals surface area contributed by atoms with Gasteiger partial charge in [-0.1, -0.05) is 39.5 Å². The Labute approximate surface area is 207 Å². The first-order valence-corrected chi connectivity index (χ1v) is 13.6. The molecule has 0 bridgehead atoms. The van der Waals surface area contributed by atoms with Gasteiger partial charge < -0.3 is 14.4 Å². The molecule has 1 aromatic heterocycles. The summed E-state index contributed by atoms with van der Waals surface area (Å²) in [6, 6.07) is 13.8. The molecule has 1 heterocycles. The third-order valence-corrected chi connectivity index (χ3v) is 8.38. The minimum atomic E-state index is 0.116. The summed E-state index contributed by atoms with van der Waals surface area (Å²) in [5, 5.41) is 1.05. The number of methoxy groups -OCH3 is 1. The van der Waals surface area contributed by atoms with E-state index in [-0.39, 0.29) is 5.78 Å². The predicted molar refractivity (Wildman–Crippen MR) is 142 cm³/mol. The van der Waals surface area contributed by atoms with E-state index < -0.39 is 0 Å². The predicted octanol–water partition coefficient (Wildman–Crippen LogP) is 7.30. The van der Waals surface area contributed by atoms with Crippen molar-refractivity contribution in [3.63, 3.8) is 0 Å². The molecule has 2 aromatic carbocycles. The first-order valence-electron chi connectivity index (χ1n) is 12.7. The van der Waals surface area contributed by atoms with Gasteiger partial charge in [0.25, 0.3) is 0 Å². The Morgan fingerprint density at radius 2 is 1.65 bits per heavy atom. The molecular weight excluding hydrogens is 442 g/mol. The summed E-state index contributed by atoms with van der Waals surface area (Å²) in [4.78, 5) is 17.4. The van der Waals surface area contributed by atoms with Crippen molar-refractivity contribution in [1.29, 1.82) is 0 Å². The molecule has 0 aliphatic heterocycles. The summed E-state index contributed by atoms with van der Waals surface area (Å²) in [7, 11) is 1.69. The number of hydrogen-bond acceptors (Lipinski definition) is 5. The van der Waals surface area contributed by atoms with Crippen LogP contribution in [0.1, 0.15) is 79.1 Å². The lowest BCUT2D eigenvalue weighted by molar-refractivity contribution is 0.103. The van der Waals surface area contributed by atoms with Crippen LogP contribution >= 0.6 is 11.3 Å². The second-order valence-corrected chi connectivity index (χ2v) is 10.2. The Hall–Kier alpha value is -2.37. The van der Waals surface area contributed by atoms with E-state index in [1.54, 1.807) is 18.4 Å². The summed E-state index contributed by atoms with van der Waals surface area (Å²) in [6.45, 7) is 7.93. The Morgan fingerprint density at radius 3 is 2.29 bits per heavy atom. The van der Waals surface area contributed by atoms with E-state index in [4.69, 9.17) is 9.47 Å². The number of likely N-dealkylation sites (N-methyl/N-ethyl adjacent to an activating group) is 1. The van der Waals surface area contributed by atoms with Crippen molar-refractivity contribution >= 4 is 27.2 Å². The van der Waals surface area contributed by atoms with Gasteiger partial charge in [-0.15, -0.1) is 11.3 Å². The molecule has 4 nitrogen and oxygen atoms in total. The number of benzene rings is 2. The molecule has 182 valence electrons. The van der Waals surface area contributed by atoms with Crippen LogP contribution in [0.4, 0.5) is 0 Å². The van der Waals surface area contributed by atoms with Crippen LogP contribution in [0.2, 0.25) is 0 Å². The number of thiophene rings is 1. The maximum Gasteiger partial charge on any atom is 0.194 e. The number of nitrogens with zero attached hydrogens (tertiary/aromatic N) is 1. The molecule has 1 saturated carbocycles. The highest BCUT2D eigenvalue weighted by Crippen LogP contribution is 2.43. The topological polar surface area (TPSA) is 38.8 Å². The van der Waals surface area contributed by atoms with Crippen LogP contribution in [0.5, 0.6) is 11.5 Å². The van der Waals surface area contributed by atoms with Gasteiger partial charge in [0.1, 0.15) is 18.1 Å². The summed E-state index contributed by atoms with van der Waals surface area (Å²) in [6.07, 6.45) is 7.43. The van der Waals surface area contributed by atoms with Gasteiger partial charge in [-0.2, -0.15) is 0 Å². The molecular formula is C29H37NO3S. The highest BCUT2D eigenvalue weighted by molar-refractivity contribution is 7.19. The van der Waals surface area contributed by atoms with Crippen LogP contribution in [0.25, 0.3) is 10.1 Å². The standard InChI is InChI=1S/C29H37NO3S/c1-4-30(5-2)18-19-33-23-14-12-21(13-15-23)28(31)27-25-17-16-24(32-3)20-26(25)34-29(27)22-10-8-6-7-9-11-22/h12-17,20,22H,4-11,18-19H2,1-3H3. The molecule has 0 unspecified atom stereocenters. The van der Waals surface area contributed by atoms with Gasteiger partial charge in [0.05, 0.1) is 7.11 Å². The van der Waals surface area contributed by atoms with Gasteiger partial charge >= 0.3 is 0 Å². The number of ketones is 1. The van der Waals surface area contributed by atoms with E-state index in [0.29, 0.717) is 12.5 Å². The SMILES string of the molecule is CCN(CC)CCOc1ccc(C(=O)c2c(C3CCCCCC3)sc3cc(OC)ccc23)cc1. The normalized spacial score (nSPS) is 14.9. The lowest BCUT2D eigenvalue weighted by atomic mass is 9.91. The molecule has 0 saturated heterocycles. The number of carbonyl (C=O) groups is 1. The molecule has 0 radical (unpaired) electrons. The minimum absolute atomic E-state index is 0.116. The van der Waals surface area contributed by atoms with E-state index in [1.807, 2.05) is 30.3 Å². The fraction of sp³-hybridized carbons (Fsp3) is 0.483. The monoisotopic (exact) mass is 479 g/mol. The van der Waals surface area contributed by atoms with Crippen molar-refractivity contribution in [2.75, 3.05) is 33.4 Å². The molecule has 0 atom stereocenters. The second-order valence-electron chi connectivity index (χ2n) is 9.12. The maximum atomic E-state index is 13.8. The highest BCUT2D eigenvalue weighted by Gasteiger charge is 2.26. The quantitative estimate of drug-likeness (QED) is 0.226. The average molecular weight is 480 g/mol. The summed E-state index contributed by atoms with van der Waals surface area (Å²) in [5.74, 6) is 2.23. The summed E-state index contributed by atoms with van der Waals surface area (Å²) < 4.78 is 12.5. The fourth-order valence-corrected chi connectivity index (χ4v) is 6.36. The number of rotatable bonds is 10. The number of ether oxygens (including phenoxy) is 2. The minimum Gasteiger partial charge on any atom is -0.497 e. The molecule has 1 fully saturated rings. The van der Waals surface area contributed by atoms with Crippen LogP contribution < -0.4 is 9.47 Å². The van der Waals surface area contributed by atoms with Crippen LogP contribution in [0.3, 0.4) is 0 Å². The number of hydrogen-bond donors (Lipinski definition) is 0. The first kappa shape index (κ1) is 24.7. The first-order chi connectivity index (χ1) is 16.6. The third kappa shape index (κ3) is 5.64. The zero-order valence-corrected chi connectivity index (χ0v) is 21.6. The highest BCUT2D eigenvalue weighted by atomic mass is 32.1. The van der Waals surface area contributed by atoms with Gasteiger partial charge in [0.2, 0.25) is 0 Å². The van der Waals surface area contributed by atoms with Crippen molar-refractivity contribution < 1.29 is 14.3 Å². The second kappa shape index (κ2) is 11.9. The third-order valence-electron chi connectivity index (χ3n) is 7.06. The lowest BCUT2D eigenvalue weighted by Crippen LogP contribution is -2.27. The molecule has 0 amide bonds.